The highest BCUT2D eigenvalue weighted by molar-refractivity contribution is 7.85. The molecule has 1 fully saturated rings. The summed E-state index contributed by atoms with van der Waals surface area (Å²) in [5.74, 6) is 0.713. The largest absolute Gasteiger partial charge is 0.444 e. The Morgan fingerprint density at radius 1 is 1.14 bits per heavy atom. The van der Waals surface area contributed by atoms with Crippen molar-refractivity contribution in [2.45, 2.75) is 52.1 Å². The molecule has 0 atom stereocenters. The van der Waals surface area contributed by atoms with E-state index in [1.54, 1.807) is 0 Å². The number of hydrogen-bond acceptors (Lipinski definition) is 5. The molecule has 1 rings (SSSR count). The Hall–Kier alpha value is -0.820. The van der Waals surface area contributed by atoms with Crippen LogP contribution in [0.3, 0.4) is 0 Å². The van der Waals surface area contributed by atoms with E-state index in [0.717, 1.165) is 31.9 Å². The van der Waals surface area contributed by atoms with Crippen molar-refractivity contribution in [1.82, 2.24) is 5.32 Å². The van der Waals surface area contributed by atoms with E-state index in [1.165, 1.54) is 0 Å². The minimum Gasteiger partial charge on any atom is -0.444 e. The van der Waals surface area contributed by atoms with Gasteiger partial charge in [0, 0.05) is 6.54 Å². The van der Waals surface area contributed by atoms with E-state index < -0.39 is 15.7 Å². The van der Waals surface area contributed by atoms with Crippen LogP contribution in [0.5, 0.6) is 0 Å². The molecule has 0 aromatic heterocycles. The minimum absolute atomic E-state index is 0.269. The lowest BCUT2D eigenvalue weighted by Gasteiger charge is -2.28. The number of alkyl carbamates (subject to hydrolysis) is 1. The normalized spacial score (nSPS) is 23.6. The van der Waals surface area contributed by atoms with Crippen LogP contribution in [0.2, 0.25) is 0 Å². The van der Waals surface area contributed by atoms with E-state index in [1.807, 2.05) is 20.8 Å². The molecule has 1 amide bonds. The average molecular weight is 321 g/mol. The van der Waals surface area contributed by atoms with Crippen molar-refractivity contribution >= 4 is 16.2 Å². The fourth-order valence-corrected chi connectivity index (χ4v) is 2.80. The topological polar surface area (TPSA) is 81.7 Å². The molecule has 1 aliphatic carbocycles. The average Bonchev–Trinajstić information content (AvgIpc) is 2.32. The number of amides is 1. The van der Waals surface area contributed by atoms with Gasteiger partial charge in [-0.15, -0.1) is 0 Å². The molecule has 0 aromatic rings. The minimum atomic E-state index is -3.35. The summed E-state index contributed by atoms with van der Waals surface area (Å²) in [6.07, 6.45) is 4.47. The Labute approximate surface area is 127 Å². The molecule has 1 N–H and O–H groups in total. The number of rotatable bonds is 5. The number of nitrogens with one attached hydrogen (secondary N) is 1. The van der Waals surface area contributed by atoms with Crippen LogP contribution < -0.4 is 5.32 Å². The Morgan fingerprint density at radius 2 is 1.67 bits per heavy atom. The molecule has 7 heteroatoms. The Bertz CT molecular complexity index is 433. The van der Waals surface area contributed by atoms with Gasteiger partial charge in [0.05, 0.1) is 12.9 Å². The first-order chi connectivity index (χ1) is 9.55. The van der Waals surface area contributed by atoms with Gasteiger partial charge in [0.1, 0.15) is 5.60 Å². The van der Waals surface area contributed by atoms with E-state index >= 15 is 0 Å². The van der Waals surface area contributed by atoms with Crippen LogP contribution in [0.25, 0.3) is 0 Å². The maximum atomic E-state index is 11.6. The molecule has 0 bridgehead atoms. The lowest BCUT2D eigenvalue weighted by Crippen LogP contribution is -2.36. The standard InChI is InChI=1S/C14H27NO5S/c1-14(2,3)20-13(16)15-9-11-5-7-12(8-6-11)10-19-21(4,17)18/h11-12H,5-10H2,1-4H3,(H,15,16)/t11-,12-. The number of hydrogen-bond donors (Lipinski definition) is 1. The van der Waals surface area contributed by atoms with Gasteiger partial charge in [0.25, 0.3) is 10.1 Å². The van der Waals surface area contributed by atoms with Crippen LogP contribution >= 0.6 is 0 Å². The molecule has 21 heavy (non-hydrogen) atoms. The molecule has 0 radical (unpaired) electrons. The molecule has 0 saturated heterocycles. The monoisotopic (exact) mass is 321 g/mol. The molecule has 6 nitrogen and oxygen atoms in total. The van der Waals surface area contributed by atoms with Gasteiger partial charge in [-0.3, -0.25) is 4.18 Å². The van der Waals surface area contributed by atoms with Gasteiger partial charge in [0.15, 0.2) is 0 Å². The molecule has 0 aliphatic heterocycles. The van der Waals surface area contributed by atoms with Gasteiger partial charge in [-0.1, -0.05) is 0 Å². The van der Waals surface area contributed by atoms with Gasteiger partial charge >= 0.3 is 6.09 Å². The second-order valence-corrected chi connectivity index (χ2v) is 8.40. The van der Waals surface area contributed by atoms with Gasteiger partial charge in [0.2, 0.25) is 0 Å². The van der Waals surface area contributed by atoms with Crippen molar-refractivity contribution in [2.75, 3.05) is 19.4 Å². The van der Waals surface area contributed by atoms with Crippen LogP contribution in [0.1, 0.15) is 46.5 Å². The molecule has 0 aromatic carbocycles. The molecule has 0 spiro atoms. The highest BCUT2D eigenvalue weighted by atomic mass is 32.2. The summed E-state index contributed by atoms with van der Waals surface area (Å²) < 4.78 is 31.9. The van der Waals surface area contributed by atoms with E-state index in [0.29, 0.717) is 12.5 Å². The lowest BCUT2D eigenvalue weighted by atomic mass is 9.82. The zero-order valence-electron chi connectivity index (χ0n) is 13.3. The van der Waals surface area contributed by atoms with Crippen molar-refractivity contribution in [3.8, 4) is 0 Å². The van der Waals surface area contributed by atoms with Gasteiger partial charge in [-0.05, 0) is 58.3 Å². The fraction of sp³-hybridized carbons (Fsp3) is 0.929. The highest BCUT2D eigenvalue weighted by Crippen LogP contribution is 2.28. The predicted molar refractivity (Wildman–Crippen MR) is 80.5 cm³/mol. The van der Waals surface area contributed by atoms with E-state index in [9.17, 15) is 13.2 Å². The van der Waals surface area contributed by atoms with Crippen molar-refractivity contribution in [3.63, 3.8) is 0 Å². The van der Waals surface area contributed by atoms with E-state index in [-0.39, 0.29) is 18.6 Å². The van der Waals surface area contributed by atoms with E-state index in [4.69, 9.17) is 8.92 Å². The second kappa shape index (κ2) is 7.45. The van der Waals surface area contributed by atoms with Crippen molar-refractivity contribution in [1.29, 1.82) is 0 Å². The quantitative estimate of drug-likeness (QED) is 0.786. The maximum absolute atomic E-state index is 11.6. The molecule has 1 aliphatic rings. The van der Waals surface area contributed by atoms with Crippen molar-refractivity contribution < 1.29 is 22.1 Å². The van der Waals surface area contributed by atoms with Crippen molar-refractivity contribution in [2.24, 2.45) is 11.8 Å². The van der Waals surface area contributed by atoms with E-state index in [2.05, 4.69) is 5.32 Å². The summed E-state index contributed by atoms with van der Waals surface area (Å²) in [6, 6.07) is 0. The van der Waals surface area contributed by atoms with Gasteiger partial charge < -0.3 is 10.1 Å². The lowest BCUT2D eigenvalue weighted by molar-refractivity contribution is 0.0511. The third-order valence-electron chi connectivity index (χ3n) is 3.42. The second-order valence-electron chi connectivity index (χ2n) is 6.76. The van der Waals surface area contributed by atoms with Crippen LogP contribution in [0, 0.1) is 11.8 Å². The zero-order valence-corrected chi connectivity index (χ0v) is 14.2. The Balaban J connectivity index is 2.20. The molecule has 124 valence electrons. The molecule has 1 saturated carbocycles. The Morgan fingerprint density at radius 3 is 2.14 bits per heavy atom. The number of carbonyl (C=O) groups is 1. The first-order valence-electron chi connectivity index (χ1n) is 7.36. The third kappa shape index (κ3) is 8.93. The summed E-state index contributed by atoms with van der Waals surface area (Å²) >= 11 is 0. The fourth-order valence-electron chi connectivity index (χ4n) is 2.36. The van der Waals surface area contributed by atoms with Crippen LogP contribution in [-0.4, -0.2) is 39.5 Å². The van der Waals surface area contributed by atoms with Crippen LogP contribution in [0.4, 0.5) is 4.79 Å². The summed E-state index contributed by atoms with van der Waals surface area (Å²) in [5.41, 5.74) is -0.481. The summed E-state index contributed by atoms with van der Waals surface area (Å²) in [5, 5.41) is 2.79. The first-order valence-corrected chi connectivity index (χ1v) is 9.18. The summed E-state index contributed by atoms with van der Waals surface area (Å²) in [6.45, 7) is 6.37. The smallest absolute Gasteiger partial charge is 0.407 e. The molecule has 0 unspecified atom stereocenters. The van der Waals surface area contributed by atoms with Crippen LogP contribution in [0.15, 0.2) is 0 Å². The zero-order chi connectivity index (χ0) is 16.1. The van der Waals surface area contributed by atoms with Crippen LogP contribution in [-0.2, 0) is 19.0 Å². The number of ether oxygens (including phenoxy) is 1. The van der Waals surface area contributed by atoms with Gasteiger partial charge in [-0.2, -0.15) is 8.42 Å². The molecule has 0 heterocycles. The van der Waals surface area contributed by atoms with Crippen molar-refractivity contribution in [3.05, 3.63) is 0 Å². The number of carbonyl (C=O) groups excluding carboxylic acids is 1. The maximum Gasteiger partial charge on any atom is 0.407 e. The SMILES string of the molecule is CC(C)(C)OC(=O)NC[C@H]1CC[C@H](COS(C)(=O)=O)CC1. The highest BCUT2D eigenvalue weighted by Gasteiger charge is 2.23. The molecular weight excluding hydrogens is 294 g/mol. The molecular formula is C14H27NO5S. The summed E-state index contributed by atoms with van der Waals surface area (Å²) in [4.78, 5) is 11.6. The predicted octanol–water partition coefficient (Wildman–Crippen LogP) is 2.29. The summed E-state index contributed by atoms with van der Waals surface area (Å²) in [7, 11) is -3.35. The first kappa shape index (κ1) is 18.2. The Kier molecular flexibility index (Phi) is 6.46. The third-order valence-corrected chi connectivity index (χ3v) is 3.98. The van der Waals surface area contributed by atoms with Gasteiger partial charge in [-0.25, -0.2) is 4.79 Å².